The standard InChI is InChI=1S/C32H22BN3S/c1-21-29-28(19-20-34-21)37-32-31(29)36(23-13-6-3-7-14-23)27-18-10-17-26-30(27)33(32)24-15-8-9-16-25(24)35(26)22-11-4-2-5-12-22/h2-20H,1H3/i1D3. The molecule has 6 aromatic rings. The van der Waals surface area contributed by atoms with Gasteiger partial charge in [-0.2, -0.15) is 0 Å². The van der Waals surface area contributed by atoms with Crippen molar-refractivity contribution in [2.75, 3.05) is 9.80 Å². The normalized spacial score (nSPS) is 14.9. The number of rotatable bonds is 2. The van der Waals surface area contributed by atoms with Crippen molar-refractivity contribution in [1.82, 2.24) is 4.98 Å². The Hall–Kier alpha value is -4.35. The van der Waals surface area contributed by atoms with E-state index in [1.54, 1.807) is 17.5 Å². The zero-order valence-corrected chi connectivity index (χ0v) is 20.6. The summed E-state index contributed by atoms with van der Waals surface area (Å²) in [7, 11) is 0. The first-order valence-corrected chi connectivity index (χ1v) is 13.2. The molecule has 0 saturated heterocycles. The van der Waals surface area contributed by atoms with Crippen LogP contribution in [0.4, 0.5) is 34.1 Å². The number of thiophene rings is 1. The zero-order valence-electron chi connectivity index (χ0n) is 22.8. The zero-order chi connectivity index (χ0) is 27.0. The van der Waals surface area contributed by atoms with E-state index in [0.717, 1.165) is 43.6 Å². The molecule has 2 aliphatic rings. The molecule has 0 bridgehead atoms. The van der Waals surface area contributed by atoms with Gasteiger partial charge in [-0.05, 0) is 66.3 Å². The van der Waals surface area contributed by atoms with E-state index in [1.807, 2.05) is 30.3 Å². The molecule has 3 nitrogen and oxygen atoms in total. The van der Waals surface area contributed by atoms with Crippen LogP contribution < -0.4 is 25.5 Å². The van der Waals surface area contributed by atoms with E-state index in [9.17, 15) is 0 Å². The molecule has 0 unspecified atom stereocenters. The Morgan fingerprint density at radius 3 is 2.11 bits per heavy atom. The lowest BCUT2D eigenvalue weighted by atomic mass is 9.36. The lowest BCUT2D eigenvalue weighted by Gasteiger charge is -2.43. The van der Waals surface area contributed by atoms with Crippen molar-refractivity contribution in [2.24, 2.45) is 0 Å². The summed E-state index contributed by atoms with van der Waals surface area (Å²) < 4.78 is 27.1. The molecule has 0 aliphatic carbocycles. The highest BCUT2D eigenvalue weighted by molar-refractivity contribution is 7.33. The third-order valence-corrected chi connectivity index (χ3v) is 8.65. The third kappa shape index (κ3) is 2.86. The Bertz CT molecular complexity index is 1920. The van der Waals surface area contributed by atoms with Gasteiger partial charge in [0.25, 0.3) is 6.71 Å². The lowest BCUT2D eigenvalue weighted by molar-refractivity contribution is 1.23. The maximum Gasteiger partial charge on any atom is 0.264 e. The maximum absolute atomic E-state index is 8.36. The molecule has 174 valence electrons. The fraction of sp³-hybridized carbons (Fsp3) is 0.0312. The Morgan fingerprint density at radius 1 is 0.703 bits per heavy atom. The second kappa shape index (κ2) is 7.83. The van der Waals surface area contributed by atoms with Gasteiger partial charge in [0.05, 0.1) is 5.69 Å². The van der Waals surface area contributed by atoms with Crippen molar-refractivity contribution in [3.8, 4) is 0 Å². The molecule has 0 atom stereocenters. The van der Waals surface area contributed by atoms with Crippen molar-refractivity contribution in [3.05, 3.63) is 121 Å². The van der Waals surface area contributed by atoms with Crippen molar-refractivity contribution in [2.45, 2.75) is 6.85 Å². The minimum Gasteiger partial charge on any atom is -0.311 e. The molecular formula is C32H22BN3S. The second-order valence-electron chi connectivity index (χ2n) is 9.39. The quantitative estimate of drug-likeness (QED) is 0.250. The van der Waals surface area contributed by atoms with Crippen LogP contribution in [-0.4, -0.2) is 11.7 Å². The number of benzene rings is 4. The van der Waals surface area contributed by atoms with Gasteiger partial charge in [0.2, 0.25) is 0 Å². The summed E-state index contributed by atoms with van der Waals surface area (Å²) in [6.45, 7) is -2.38. The first-order chi connectivity index (χ1) is 19.5. The Morgan fingerprint density at radius 2 is 1.35 bits per heavy atom. The van der Waals surface area contributed by atoms with Crippen molar-refractivity contribution < 1.29 is 4.11 Å². The topological polar surface area (TPSA) is 19.4 Å². The summed E-state index contributed by atoms with van der Waals surface area (Å²) >= 11 is 1.68. The Labute approximate surface area is 224 Å². The van der Waals surface area contributed by atoms with Gasteiger partial charge >= 0.3 is 0 Å². The highest BCUT2D eigenvalue weighted by Crippen LogP contribution is 2.47. The first-order valence-electron chi connectivity index (χ1n) is 13.9. The van der Waals surface area contributed by atoms with Crippen molar-refractivity contribution in [1.29, 1.82) is 0 Å². The van der Waals surface area contributed by atoms with Crippen molar-refractivity contribution >= 4 is 78.0 Å². The molecule has 4 heterocycles. The molecule has 2 aromatic heterocycles. The number of hydrogen-bond acceptors (Lipinski definition) is 4. The molecule has 0 fully saturated rings. The van der Waals surface area contributed by atoms with Gasteiger partial charge in [-0.3, -0.25) is 4.98 Å². The minimum atomic E-state index is -2.34. The van der Waals surface area contributed by atoms with Crippen LogP contribution in [0.5, 0.6) is 0 Å². The van der Waals surface area contributed by atoms with Crippen LogP contribution in [-0.2, 0) is 0 Å². The molecule has 0 radical (unpaired) electrons. The number of para-hydroxylation sites is 3. The van der Waals surface area contributed by atoms with Crippen LogP contribution in [0, 0.1) is 6.85 Å². The molecule has 37 heavy (non-hydrogen) atoms. The summed E-state index contributed by atoms with van der Waals surface area (Å²) in [6, 6.07) is 37.7. The van der Waals surface area contributed by atoms with E-state index in [2.05, 4.69) is 93.6 Å². The average molecular weight is 494 g/mol. The smallest absolute Gasteiger partial charge is 0.264 e. The molecule has 0 amide bonds. The summed E-state index contributed by atoms with van der Waals surface area (Å²) in [6.07, 6.45) is 1.63. The number of pyridine rings is 1. The molecule has 0 N–H and O–H groups in total. The van der Waals surface area contributed by atoms with Crippen LogP contribution in [0.3, 0.4) is 0 Å². The highest BCUT2D eigenvalue weighted by atomic mass is 32.1. The van der Waals surface area contributed by atoms with E-state index in [4.69, 9.17) is 4.11 Å². The highest BCUT2D eigenvalue weighted by Gasteiger charge is 2.44. The van der Waals surface area contributed by atoms with Gasteiger partial charge in [0.15, 0.2) is 0 Å². The van der Waals surface area contributed by atoms with Crippen LogP contribution >= 0.6 is 11.3 Å². The maximum atomic E-state index is 8.36. The summed E-state index contributed by atoms with van der Waals surface area (Å²) in [5.41, 5.74) is 8.90. The second-order valence-corrected chi connectivity index (χ2v) is 10.5. The number of nitrogens with zero attached hydrogens (tertiary/aromatic N) is 3. The van der Waals surface area contributed by atoms with Gasteiger partial charge in [-0.25, -0.2) is 0 Å². The summed E-state index contributed by atoms with van der Waals surface area (Å²) in [4.78, 5) is 9.03. The molecule has 0 spiro atoms. The van der Waals surface area contributed by atoms with E-state index in [0.29, 0.717) is 5.39 Å². The van der Waals surface area contributed by atoms with Gasteiger partial charge in [0, 0.05) is 59.3 Å². The van der Waals surface area contributed by atoms with Crippen LogP contribution in [0.15, 0.2) is 115 Å². The van der Waals surface area contributed by atoms with Gasteiger partial charge in [-0.1, -0.05) is 60.7 Å². The molecule has 0 saturated carbocycles. The lowest BCUT2D eigenvalue weighted by Crippen LogP contribution is -2.60. The molecule has 4 aromatic carbocycles. The van der Waals surface area contributed by atoms with E-state index in [-0.39, 0.29) is 12.4 Å². The van der Waals surface area contributed by atoms with E-state index >= 15 is 0 Å². The number of anilines is 6. The number of fused-ring (bicyclic) bond motifs is 6. The number of aryl methyl sites for hydroxylation is 1. The van der Waals surface area contributed by atoms with Gasteiger partial charge in [-0.15, -0.1) is 11.3 Å². The monoisotopic (exact) mass is 494 g/mol. The molecular weight excluding hydrogens is 469 g/mol. The van der Waals surface area contributed by atoms with E-state index < -0.39 is 6.85 Å². The Balaban J connectivity index is 1.52. The van der Waals surface area contributed by atoms with Crippen LogP contribution in [0.2, 0.25) is 0 Å². The van der Waals surface area contributed by atoms with E-state index in [1.165, 1.54) is 10.9 Å². The van der Waals surface area contributed by atoms with Crippen LogP contribution in [0.1, 0.15) is 9.81 Å². The fourth-order valence-electron chi connectivity index (χ4n) is 6.01. The summed E-state index contributed by atoms with van der Waals surface area (Å²) in [5, 5.41) is 0.713. The number of hydrogen-bond donors (Lipinski definition) is 0. The minimum absolute atomic E-state index is 0.0424. The van der Waals surface area contributed by atoms with Gasteiger partial charge in [0.1, 0.15) is 0 Å². The fourth-order valence-corrected chi connectivity index (χ4v) is 7.32. The SMILES string of the molecule is [2H]C([2H])([2H])c1nccc2sc3c(c12)N(c1ccccc1)c1cccc2c1B3c1ccccc1N2c1ccccc1. The van der Waals surface area contributed by atoms with Crippen molar-refractivity contribution in [3.63, 3.8) is 0 Å². The predicted molar refractivity (Wildman–Crippen MR) is 158 cm³/mol. The average Bonchev–Trinajstić information content (AvgIpc) is 3.37. The molecule has 5 heteroatoms. The predicted octanol–water partition coefficient (Wildman–Crippen LogP) is 6.69. The first kappa shape index (κ1) is 18.0. The molecule has 2 aliphatic heterocycles. The van der Waals surface area contributed by atoms with Crippen LogP contribution in [0.25, 0.3) is 10.1 Å². The van der Waals surface area contributed by atoms with Gasteiger partial charge < -0.3 is 9.80 Å². The molecule has 8 rings (SSSR count). The number of aromatic nitrogens is 1. The summed E-state index contributed by atoms with van der Waals surface area (Å²) in [5.74, 6) is 0. The Kier molecular flexibility index (Phi) is 3.80. The largest absolute Gasteiger partial charge is 0.311 e. The third-order valence-electron chi connectivity index (χ3n) is 7.44.